The van der Waals surface area contributed by atoms with Gasteiger partial charge in [-0.15, -0.1) is 0 Å². The van der Waals surface area contributed by atoms with Crippen molar-refractivity contribution in [2.45, 2.75) is 83.9 Å². The van der Waals surface area contributed by atoms with Crippen molar-refractivity contribution in [3.8, 4) is 11.1 Å². The Bertz CT molecular complexity index is 1370. The van der Waals surface area contributed by atoms with Gasteiger partial charge in [0.1, 0.15) is 0 Å². The van der Waals surface area contributed by atoms with Crippen molar-refractivity contribution >= 4 is 11.8 Å². The molecule has 5 rings (SSSR count). The minimum Gasteiger partial charge on any atom is -0.394 e. The minimum absolute atomic E-state index is 0.0127. The Kier molecular flexibility index (Phi) is 9.97. The summed E-state index contributed by atoms with van der Waals surface area (Å²) < 4.78 is 1.46. The first-order valence-corrected chi connectivity index (χ1v) is 16.5. The van der Waals surface area contributed by atoms with Crippen LogP contribution >= 0.6 is 0 Å². The summed E-state index contributed by atoms with van der Waals surface area (Å²) in [7, 11) is 0. The molecule has 0 spiro atoms. The fraction of sp³-hybridized carbons (Fsp3) is 0.629. The number of carbonyl (C=O) groups is 2. The van der Waals surface area contributed by atoms with Gasteiger partial charge in [-0.1, -0.05) is 83.2 Å². The van der Waals surface area contributed by atoms with E-state index in [1.807, 2.05) is 56.0 Å². The highest BCUT2D eigenvalue weighted by molar-refractivity contribution is 6.00. The second-order valence-corrected chi connectivity index (χ2v) is 14.0. The van der Waals surface area contributed by atoms with Gasteiger partial charge >= 0.3 is 0 Å². The standard InChI is InChI=1S/C35H50N4O5/c1-25(18-26-10-6-4-7-11-26)32(42)37-16-14-35(44,34(2,3)23-37)24-38-21-30(33(43)39-17-15-36-20-28(39)22-40)29(19-31(38)41)27-12-8-5-9-13-27/h5,8-9,12-13,19,21,25-26,28,36,40,44H,4,6-7,10-11,14-18,20,22-24H2,1-3H3/t25?,28-,35-/m0/s1. The van der Waals surface area contributed by atoms with Gasteiger partial charge in [0.2, 0.25) is 5.91 Å². The van der Waals surface area contributed by atoms with Crippen LogP contribution in [0.3, 0.4) is 0 Å². The number of pyridine rings is 1. The molecule has 1 aromatic heterocycles. The topological polar surface area (TPSA) is 115 Å². The summed E-state index contributed by atoms with van der Waals surface area (Å²) in [6, 6.07) is 10.5. The summed E-state index contributed by atoms with van der Waals surface area (Å²) in [6.45, 7) is 8.18. The maximum atomic E-state index is 14.0. The number of likely N-dealkylation sites (tertiary alicyclic amines) is 1. The molecular weight excluding hydrogens is 556 g/mol. The number of carbonyl (C=O) groups excluding carboxylic acids is 2. The van der Waals surface area contributed by atoms with E-state index < -0.39 is 11.0 Å². The first-order valence-electron chi connectivity index (χ1n) is 16.5. The Balaban J connectivity index is 1.39. The molecular formula is C35H50N4O5. The molecule has 3 aliphatic rings. The summed E-state index contributed by atoms with van der Waals surface area (Å²) in [5.41, 5.74) is -0.606. The first kappa shape index (κ1) is 32.4. The number of hydrogen-bond acceptors (Lipinski definition) is 6. The van der Waals surface area contributed by atoms with Crippen LogP contribution in [0.1, 0.15) is 76.1 Å². The number of aliphatic hydroxyl groups is 2. The predicted molar refractivity (Wildman–Crippen MR) is 171 cm³/mol. The molecule has 1 aromatic carbocycles. The van der Waals surface area contributed by atoms with Crippen molar-refractivity contribution in [2.24, 2.45) is 17.3 Å². The monoisotopic (exact) mass is 606 g/mol. The van der Waals surface area contributed by atoms with Crippen LogP contribution in [0.25, 0.3) is 11.1 Å². The van der Waals surface area contributed by atoms with E-state index >= 15 is 0 Å². The van der Waals surface area contributed by atoms with Crippen LogP contribution in [0, 0.1) is 17.3 Å². The van der Waals surface area contributed by atoms with E-state index in [-0.39, 0.29) is 42.5 Å². The lowest BCUT2D eigenvalue weighted by Gasteiger charge is -2.51. The molecule has 3 heterocycles. The number of amides is 2. The molecule has 9 nitrogen and oxygen atoms in total. The Hall–Kier alpha value is -3.01. The molecule has 2 aromatic rings. The highest BCUT2D eigenvalue weighted by Crippen LogP contribution is 2.41. The molecule has 9 heteroatoms. The molecule has 2 amide bonds. The van der Waals surface area contributed by atoms with E-state index in [1.54, 1.807) is 11.1 Å². The number of benzene rings is 1. The van der Waals surface area contributed by atoms with Crippen molar-refractivity contribution in [2.75, 3.05) is 39.3 Å². The second kappa shape index (κ2) is 13.5. The summed E-state index contributed by atoms with van der Waals surface area (Å²) in [6.07, 6.45) is 9.07. The van der Waals surface area contributed by atoms with E-state index in [2.05, 4.69) is 5.32 Å². The van der Waals surface area contributed by atoms with E-state index in [0.29, 0.717) is 56.2 Å². The number of rotatable bonds is 8. The lowest BCUT2D eigenvalue weighted by Crippen LogP contribution is -2.61. The fourth-order valence-electron chi connectivity index (χ4n) is 7.53. The predicted octanol–water partition coefficient (Wildman–Crippen LogP) is 3.52. The summed E-state index contributed by atoms with van der Waals surface area (Å²) in [5.74, 6) is 0.470. The number of piperidine rings is 1. The largest absolute Gasteiger partial charge is 0.394 e. The molecule has 1 aliphatic carbocycles. The van der Waals surface area contributed by atoms with Gasteiger partial charge < -0.3 is 29.9 Å². The molecule has 3 atom stereocenters. The van der Waals surface area contributed by atoms with Crippen LogP contribution in [-0.2, 0) is 11.3 Å². The van der Waals surface area contributed by atoms with Crippen molar-refractivity contribution in [3.63, 3.8) is 0 Å². The highest BCUT2D eigenvalue weighted by atomic mass is 16.3. The van der Waals surface area contributed by atoms with Gasteiger partial charge in [-0.2, -0.15) is 0 Å². The molecule has 0 bridgehead atoms. The molecule has 240 valence electrons. The van der Waals surface area contributed by atoms with Gasteiger partial charge in [-0.05, 0) is 24.3 Å². The van der Waals surface area contributed by atoms with Crippen LogP contribution in [0.15, 0.2) is 47.4 Å². The molecule has 3 N–H and O–H groups in total. The van der Waals surface area contributed by atoms with Gasteiger partial charge in [0.15, 0.2) is 0 Å². The number of aromatic nitrogens is 1. The number of hydrogen-bond donors (Lipinski definition) is 3. The first-order chi connectivity index (χ1) is 21.0. The molecule has 0 radical (unpaired) electrons. The summed E-state index contributed by atoms with van der Waals surface area (Å²) in [5, 5.41) is 25.3. The SMILES string of the molecule is CC(CC1CCCCC1)C(=O)N1CC[C@](O)(Cn2cc(C(=O)N3CCNC[C@H]3CO)c(-c3ccccc3)cc2=O)C(C)(C)C1. The second-order valence-electron chi connectivity index (χ2n) is 14.0. The van der Waals surface area contributed by atoms with E-state index in [9.17, 15) is 24.6 Å². The van der Waals surface area contributed by atoms with Gasteiger partial charge in [0.05, 0.1) is 30.4 Å². The number of aliphatic hydroxyl groups excluding tert-OH is 1. The van der Waals surface area contributed by atoms with Crippen LogP contribution < -0.4 is 10.9 Å². The quantitative estimate of drug-likeness (QED) is 0.424. The van der Waals surface area contributed by atoms with Gasteiger partial charge in [-0.3, -0.25) is 14.4 Å². The summed E-state index contributed by atoms with van der Waals surface area (Å²) in [4.78, 5) is 44.7. The van der Waals surface area contributed by atoms with Crippen LogP contribution in [-0.4, -0.2) is 87.4 Å². The molecule has 3 fully saturated rings. The lowest BCUT2D eigenvalue weighted by molar-refractivity contribution is -0.157. The van der Waals surface area contributed by atoms with E-state index in [1.165, 1.54) is 42.7 Å². The number of nitrogens with zero attached hydrogens (tertiary/aromatic N) is 3. The third kappa shape index (κ3) is 6.80. The number of nitrogens with one attached hydrogen (secondary N) is 1. The van der Waals surface area contributed by atoms with Gasteiger partial charge in [0.25, 0.3) is 11.5 Å². The van der Waals surface area contributed by atoms with Crippen molar-refractivity contribution in [3.05, 3.63) is 58.5 Å². The molecule has 1 saturated carbocycles. The Labute approximate surface area is 261 Å². The zero-order valence-corrected chi connectivity index (χ0v) is 26.6. The van der Waals surface area contributed by atoms with Crippen LogP contribution in [0.5, 0.6) is 0 Å². The third-order valence-electron chi connectivity index (χ3n) is 10.5. The average molecular weight is 607 g/mol. The van der Waals surface area contributed by atoms with Crippen molar-refractivity contribution < 1.29 is 19.8 Å². The molecule has 2 saturated heterocycles. The Morgan fingerprint density at radius 3 is 2.50 bits per heavy atom. The van der Waals surface area contributed by atoms with Crippen LogP contribution in [0.2, 0.25) is 0 Å². The smallest absolute Gasteiger partial charge is 0.256 e. The number of piperazine rings is 1. The van der Waals surface area contributed by atoms with Crippen molar-refractivity contribution in [1.29, 1.82) is 0 Å². The zero-order valence-electron chi connectivity index (χ0n) is 26.6. The zero-order chi connectivity index (χ0) is 31.5. The van der Waals surface area contributed by atoms with Crippen LogP contribution in [0.4, 0.5) is 0 Å². The van der Waals surface area contributed by atoms with Crippen molar-refractivity contribution in [1.82, 2.24) is 19.7 Å². The third-order valence-corrected chi connectivity index (χ3v) is 10.5. The fourth-order valence-corrected chi connectivity index (χ4v) is 7.53. The molecule has 1 unspecified atom stereocenters. The average Bonchev–Trinajstić information content (AvgIpc) is 3.03. The summed E-state index contributed by atoms with van der Waals surface area (Å²) >= 11 is 0. The normalized spacial score (nSPS) is 25.1. The van der Waals surface area contributed by atoms with Gasteiger partial charge in [-0.25, -0.2) is 0 Å². The van der Waals surface area contributed by atoms with Gasteiger partial charge in [0, 0.05) is 61.9 Å². The maximum Gasteiger partial charge on any atom is 0.256 e. The minimum atomic E-state index is -1.27. The van der Waals surface area contributed by atoms with E-state index in [4.69, 9.17) is 0 Å². The Morgan fingerprint density at radius 1 is 1.09 bits per heavy atom. The molecule has 44 heavy (non-hydrogen) atoms. The van der Waals surface area contributed by atoms with E-state index in [0.717, 1.165) is 12.0 Å². The Morgan fingerprint density at radius 2 is 1.82 bits per heavy atom. The highest BCUT2D eigenvalue weighted by Gasteiger charge is 2.49. The lowest BCUT2D eigenvalue weighted by atomic mass is 9.69. The molecule has 2 aliphatic heterocycles. The maximum absolute atomic E-state index is 14.0.